The lowest BCUT2D eigenvalue weighted by atomic mass is 10.1. The summed E-state index contributed by atoms with van der Waals surface area (Å²) < 4.78 is 7.25. The van der Waals surface area contributed by atoms with Crippen LogP contribution in [0.3, 0.4) is 0 Å². The van der Waals surface area contributed by atoms with Gasteiger partial charge in [-0.15, -0.1) is 0 Å². The number of rotatable bonds is 4. The lowest BCUT2D eigenvalue weighted by molar-refractivity contribution is -0.134. The fraction of sp³-hybridized carbons (Fsp3) is 0.500. The number of likely N-dealkylation sites (tertiary alicyclic amines) is 1. The van der Waals surface area contributed by atoms with E-state index < -0.39 is 0 Å². The first-order valence-electron chi connectivity index (χ1n) is 7.75. The van der Waals surface area contributed by atoms with Crippen molar-refractivity contribution in [3.63, 3.8) is 0 Å². The lowest BCUT2D eigenvalue weighted by Crippen LogP contribution is -2.35. The van der Waals surface area contributed by atoms with E-state index >= 15 is 0 Å². The molecule has 5 nitrogen and oxygen atoms in total. The number of nitrogens with zero attached hydrogens (tertiary/aromatic N) is 3. The molecule has 1 amide bonds. The first-order valence-corrected chi connectivity index (χ1v) is 8.12. The number of hydrogen-bond acceptors (Lipinski definition) is 3. The predicted molar refractivity (Wildman–Crippen MR) is 83.5 cm³/mol. The minimum absolute atomic E-state index is 0.0613. The molecule has 22 heavy (non-hydrogen) atoms. The van der Waals surface area contributed by atoms with Gasteiger partial charge >= 0.3 is 0 Å². The van der Waals surface area contributed by atoms with Crippen molar-refractivity contribution in [1.82, 2.24) is 14.7 Å². The molecular formula is C16H20ClN3O2. The fourth-order valence-corrected chi connectivity index (χ4v) is 3.15. The number of carbonyl (C=O) groups is 1. The van der Waals surface area contributed by atoms with Crippen LogP contribution in [0.5, 0.6) is 0 Å². The zero-order valence-electron chi connectivity index (χ0n) is 12.4. The van der Waals surface area contributed by atoms with Crippen LogP contribution in [-0.2, 0) is 11.3 Å². The van der Waals surface area contributed by atoms with E-state index in [0.29, 0.717) is 18.0 Å². The Bertz CT molecular complexity index is 609. The third-order valence-corrected chi connectivity index (χ3v) is 4.30. The van der Waals surface area contributed by atoms with E-state index in [9.17, 15) is 4.79 Å². The van der Waals surface area contributed by atoms with Gasteiger partial charge in [0.05, 0.1) is 23.5 Å². The summed E-state index contributed by atoms with van der Waals surface area (Å²) in [5.41, 5.74) is 0. The van der Waals surface area contributed by atoms with Gasteiger partial charge in [-0.05, 0) is 25.0 Å². The highest BCUT2D eigenvalue weighted by atomic mass is 35.5. The third-order valence-electron chi connectivity index (χ3n) is 4.10. The average Bonchev–Trinajstić information content (AvgIpc) is 3.12. The second-order valence-electron chi connectivity index (χ2n) is 5.64. The summed E-state index contributed by atoms with van der Waals surface area (Å²) in [5, 5.41) is 4.71. The monoisotopic (exact) mass is 321 g/mol. The summed E-state index contributed by atoms with van der Waals surface area (Å²) in [6, 6.07) is 3.91. The summed E-state index contributed by atoms with van der Waals surface area (Å²) in [4.78, 5) is 14.6. The Balaban J connectivity index is 1.67. The van der Waals surface area contributed by atoms with Gasteiger partial charge in [-0.25, -0.2) is 0 Å². The number of aromatic nitrogens is 2. The molecule has 2 aromatic heterocycles. The second kappa shape index (κ2) is 7.01. The van der Waals surface area contributed by atoms with Crippen molar-refractivity contribution in [3.05, 3.63) is 41.6 Å². The molecule has 6 heteroatoms. The van der Waals surface area contributed by atoms with Crippen LogP contribution >= 0.6 is 11.6 Å². The summed E-state index contributed by atoms with van der Waals surface area (Å²) in [7, 11) is 0. The molecule has 1 fully saturated rings. The molecule has 0 bridgehead atoms. The van der Waals surface area contributed by atoms with Gasteiger partial charge in [-0.1, -0.05) is 24.4 Å². The van der Waals surface area contributed by atoms with Crippen LogP contribution in [-0.4, -0.2) is 27.1 Å². The Hall–Kier alpha value is -1.75. The molecule has 0 spiro atoms. The molecular weight excluding hydrogens is 302 g/mol. The van der Waals surface area contributed by atoms with E-state index in [4.69, 9.17) is 16.0 Å². The van der Waals surface area contributed by atoms with Crippen LogP contribution in [0.15, 0.2) is 35.2 Å². The van der Waals surface area contributed by atoms with E-state index in [1.54, 1.807) is 23.3 Å². The first-order chi connectivity index (χ1) is 10.7. The van der Waals surface area contributed by atoms with Gasteiger partial charge in [0.1, 0.15) is 5.76 Å². The normalized spacial score (nSPS) is 19.1. The number of halogens is 1. The Morgan fingerprint density at radius 2 is 2.32 bits per heavy atom. The molecule has 1 saturated heterocycles. The molecule has 0 N–H and O–H groups in total. The molecule has 1 atom stereocenters. The summed E-state index contributed by atoms with van der Waals surface area (Å²) in [6.45, 7) is 1.34. The maximum Gasteiger partial charge on any atom is 0.225 e. The van der Waals surface area contributed by atoms with E-state index in [-0.39, 0.29) is 11.9 Å². The van der Waals surface area contributed by atoms with Crippen molar-refractivity contribution in [1.29, 1.82) is 0 Å². The standard InChI is InChI=1S/C16H20ClN3O2/c17-13-11-18-19(12-13)9-7-16(21)20-8-3-1-2-5-14(20)15-6-4-10-22-15/h4,6,10-12,14H,1-3,5,7-9H2/t14-/m1/s1. The van der Waals surface area contributed by atoms with Crippen LogP contribution in [0.1, 0.15) is 43.9 Å². The molecule has 1 aliphatic heterocycles. The van der Waals surface area contributed by atoms with Gasteiger partial charge in [0.15, 0.2) is 0 Å². The fourth-order valence-electron chi connectivity index (χ4n) is 3.00. The van der Waals surface area contributed by atoms with Crippen molar-refractivity contribution in [2.24, 2.45) is 0 Å². The number of aryl methyl sites for hydroxylation is 1. The molecule has 3 heterocycles. The van der Waals surface area contributed by atoms with E-state index in [0.717, 1.165) is 38.0 Å². The molecule has 0 aliphatic carbocycles. The molecule has 0 radical (unpaired) electrons. The number of hydrogen-bond donors (Lipinski definition) is 0. The lowest BCUT2D eigenvalue weighted by Gasteiger charge is -2.28. The largest absolute Gasteiger partial charge is 0.467 e. The van der Waals surface area contributed by atoms with Crippen molar-refractivity contribution in [2.45, 2.75) is 44.7 Å². The Morgan fingerprint density at radius 1 is 1.41 bits per heavy atom. The third kappa shape index (κ3) is 3.53. The minimum atomic E-state index is 0.0613. The van der Waals surface area contributed by atoms with Crippen molar-refractivity contribution in [2.75, 3.05) is 6.54 Å². The maximum atomic E-state index is 12.6. The van der Waals surface area contributed by atoms with Crippen LogP contribution in [0.25, 0.3) is 0 Å². The zero-order valence-corrected chi connectivity index (χ0v) is 13.2. The van der Waals surface area contributed by atoms with Gasteiger partial charge in [-0.3, -0.25) is 9.48 Å². The van der Waals surface area contributed by atoms with Gasteiger partial charge in [0.25, 0.3) is 0 Å². The molecule has 118 valence electrons. The van der Waals surface area contributed by atoms with Crippen LogP contribution < -0.4 is 0 Å². The van der Waals surface area contributed by atoms with Gasteiger partial charge in [0.2, 0.25) is 5.91 Å². The van der Waals surface area contributed by atoms with E-state index in [1.165, 1.54) is 0 Å². The van der Waals surface area contributed by atoms with Gasteiger partial charge < -0.3 is 9.32 Å². The quantitative estimate of drug-likeness (QED) is 0.863. The highest BCUT2D eigenvalue weighted by Crippen LogP contribution is 2.30. The number of amides is 1. The van der Waals surface area contributed by atoms with Crippen molar-refractivity contribution >= 4 is 17.5 Å². The van der Waals surface area contributed by atoms with Crippen LogP contribution in [0.4, 0.5) is 0 Å². The topological polar surface area (TPSA) is 51.3 Å². The smallest absolute Gasteiger partial charge is 0.225 e. The Morgan fingerprint density at radius 3 is 3.05 bits per heavy atom. The molecule has 0 saturated carbocycles. The maximum absolute atomic E-state index is 12.6. The molecule has 1 aliphatic rings. The molecule has 2 aromatic rings. The van der Waals surface area contributed by atoms with Gasteiger partial charge in [0, 0.05) is 25.7 Å². The highest BCUT2D eigenvalue weighted by molar-refractivity contribution is 6.30. The predicted octanol–water partition coefficient (Wildman–Crippen LogP) is 3.66. The number of furan rings is 1. The Labute approximate surface area is 134 Å². The minimum Gasteiger partial charge on any atom is -0.467 e. The Kier molecular flexibility index (Phi) is 4.83. The van der Waals surface area contributed by atoms with Crippen LogP contribution in [0, 0.1) is 0 Å². The summed E-state index contributed by atoms with van der Waals surface area (Å²) >= 11 is 5.85. The summed E-state index contributed by atoms with van der Waals surface area (Å²) in [5.74, 6) is 1.03. The van der Waals surface area contributed by atoms with Gasteiger partial charge in [-0.2, -0.15) is 5.10 Å². The summed E-state index contributed by atoms with van der Waals surface area (Å²) in [6.07, 6.45) is 9.73. The van der Waals surface area contributed by atoms with Crippen molar-refractivity contribution in [3.8, 4) is 0 Å². The molecule has 0 unspecified atom stereocenters. The zero-order chi connectivity index (χ0) is 15.4. The van der Waals surface area contributed by atoms with E-state index in [1.807, 2.05) is 17.0 Å². The second-order valence-corrected chi connectivity index (χ2v) is 6.08. The van der Waals surface area contributed by atoms with Crippen molar-refractivity contribution < 1.29 is 9.21 Å². The average molecular weight is 322 g/mol. The molecule has 3 rings (SSSR count). The number of carbonyl (C=O) groups excluding carboxylic acids is 1. The highest BCUT2D eigenvalue weighted by Gasteiger charge is 2.28. The first kappa shape index (κ1) is 15.2. The molecule has 0 aromatic carbocycles. The van der Waals surface area contributed by atoms with Crippen LogP contribution in [0.2, 0.25) is 5.02 Å². The SMILES string of the molecule is O=C(CCn1cc(Cl)cn1)N1CCCCC[C@@H]1c1ccco1. The van der Waals surface area contributed by atoms with E-state index in [2.05, 4.69) is 5.10 Å².